The van der Waals surface area contributed by atoms with E-state index in [1.807, 2.05) is 25.1 Å². The second kappa shape index (κ2) is 9.25. The van der Waals surface area contributed by atoms with Crippen molar-refractivity contribution in [2.75, 3.05) is 18.5 Å². The number of nitrogens with one attached hydrogen (secondary N) is 1. The maximum Gasteiger partial charge on any atom is 0.344 e. The Morgan fingerprint density at radius 2 is 1.77 bits per heavy atom. The van der Waals surface area contributed by atoms with Crippen molar-refractivity contribution in [2.24, 2.45) is 0 Å². The van der Waals surface area contributed by atoms with Gasteiger partial charge >= 0.3 is 5.97 Å². The van der Waals surface area contributed by atoms with Gasteiger partial charge in [0.15, 0.2) is 13.2 Å². The molecule has 0 heterocycles. The molecule has 0 saturated carbocycles. The number of esters is 1. The van der Waals surface area contributed by atoms with E-state index in [-0.39, 0.29) is 19.1 Å². The number of hydrogen-bond donors (Lipinski definition) is 1. The Balaban J connectivity index is 1.81. The van der Waals surface area contributed by atoms with Gasteiger partial charge in [-0.25, -0.2) is 4.79 Å². The van der Waals surface area contributed by atoms with E-state index in [0.29, 0.717) is 16.5 Å². The van der Waals surface area contributed by atoms with E-state index in [9.17, 15) is 9.59 Å². The summed E-state index contributed by atoms with van der Waals surface area (Å²) in [5.74, 6) is -0.110. The molecule has 2 rings (SSSR count). The molecule has 0 aromatic heterocycles. The van der Waals surface area contributed by atoms with Gasteiger partial charge < -0.3 is 14.8 Å². The van der Waals surface area contributed by atoms with Gasteiger partial charge in [0.2, 0.25) is 0 Å². The van der Waals surface area contributed by atoms with Gasteiger partial charge in [-0.2, -0.15) is 0 Å². The predicted octanol–water partition coefficient (Wildman–Crippen LogP) is 4.33. The largest absolute Gasteiger partial charge is 0.482 e. The minimum absolute atomic E-state index is 0.253. The number of anilines is 1. The highest BCUT2D eigenvalue weighted by atomic mass is 35.5. The topological polar surface area (TPSA) is 64.6 Å². The fraction of sp³-hybridized carbons (Fsp3) is 0.300. The fourth-order valence-electron chi connectivity index (χ4n) is 2.30. The molecule has 1 amide bonds. The van der Waals surface area contributed by atoms with Crippen LogP contribution in [0.4, 0.5) is 5.69 Å². The van der Waals surface area contributed by atoms with E-state index in [1.165, 1.54) is 0 Å². The van der Waals surface area contributed by atoms with E-state index < -0.39 is 11.9 Å². The summed E-state index contributed by atoms with van der Waals surface area (Å²) in [5, 5.41) is 3.19. The molecule has 26 heavy (non-hydrogen) atoms. The Hall–Kier alpha value is -2.53. The smallest absolute Gasteiger partial charge is 0.344 e. The summed E-state index contributed by atoms with van der Waals surface area (Å²) in [7, 11) is 0. The van der Waals surface area contributed by atoms with Gasteiger partial charge in [0, 0.05) is 10.7 Å². The van der Waals surface area contributed by atoms with Crippen molar-refractivity contribution >= 4 is 29.2 Å². The van der Waals surface area contributed by atoms with Gasteiger partial charge in [-0.15, -0.1) is 0 Å². The zero-order chi connectivity index (χ0) is 19.1. The van der Waals surface area contributed by atoms with Gasteiger partial charge in [0.25, 0.3) is 5.91 Å². The van der Waals surface area contributed by atoms with Crippen LogP contribution in [0.15, 0.2) is 42.5 Å². The van der Waals surface area contributed by atoms with Crippen LogP contribution in [0.3, 0.4) is 0 Å². The highest BCUT2D eigenvalue weighted by Gasteiger charge is 2.12. The molecule has 2 aromatic carbocycles. The SMILES string of the molecule is Cc1ccc(C(C)C)c(OCC(=O)OCC(=O)Nc2ccc(Cl)cc2)c1. The Labute approximate surface area is 158 Å². The van der Waals surface area contributed by atoms with Crippen LogP contribution in [-0.2, 0) is 14.3 Å². The molecule has 0 spiro atoms. The molecule has 2 aromatic rings. The van der Waals surface area contributed by atoms with Crippen LogP contribution < -0.4 is 10.1 Å². The maximum absolute atomic E-state index is 11.8. The van der Waals surface area contributed by atoms with Crippen LogP contribution in [0.1, 0.15) is 30.9 Å². The van der Waals surface area contributed by atoms with Crippen molar-refractivity contribution in [3.63, 3.8) is 0 Å². The molecule has 0 fully saturated rings. The number of amides is 1. The standard InChI is InChI=1S/C20H22ClNO4/c1-13(2)17-9-4-14(3)10-18(17)25-12-20(24)26-11-19(23)22-16-7-5-15(21)6-8-16/h4-10,13H,11-12H2,1-3H3,(H,22,23). The zero-order valence-corrected chi connectivity index (χ0v) is 15.8. The minimum Gasteiger partial charge on any atom is -0.482 e. The number of rotatable bonds is 7. The molecule has 5 nitrogen and oxygen atoms in total. The van der Waals surface area contributed by atoms with E-state index >= 15 is 0 Å². The summed E-state index contributed by atoms with van der Waals surface area (Å²) >= 11 is 5.78. The fourth-order valence-corrected chi connectivity index (χ4v) is 2.42. The predicted molar refractivity (Wildman–Crippen MR) is 102 cm³/mol. The average molecular weight is 376 g/mol. The molecule has 0 aliphatic heterocycles. The second-order valence-corrected chi connectivity index (χ2v) is 6.64. The number of benzene rings is 2. The van der Waals surface area contributed by atoms with Crippen molar-refractivity contribution < 1.29 is 19.1 Å². The van der Waals surface area contributed by atoms with Crippen LogP contribution in [0.5, 0.6) is 5.75 Å². The van der Waals surface area contributed by atoms with Gasteiger partial charge in [-0.1, -0.05) is 37.6 Å². The molecule has 138 valence electrons. The van der Waals surface area contributed by atoms with Gasteiger partial charge in [0.1, 0.15) is 5.75 Å². The Bertz CT molecular complexity index is 772. The van der Waals surface area contributed by atoms with Crippen molar-refractivity contribution in [2.45, 2.75) is 26.7 Å². The number of ether oxygens (including phenoxy) is 2. The van der Waals surface area contributed by atoms with Crippen molar-refractivity contribution in [3.8, 4) is 5.75 Å². The number of carbonyl (C=O) groups is 2. The first-order valence-corrected chi connectivity index (χ1v) is 8.67. The summed E-state index contributed by atoms with van der Waals surface area (Å²) in [5.41, 5.74) is 2.64. The molecule has 0 atom stereocenters. The average Bonchev–Trinajstić information content (AvgIpc) is 2.60. The lowest BCUT2D eigenvalue weighted by Gasteiger charge is -2.14. The third kappa shape index (κ3) is 6.08. The molecule has 0 radical (unpaired) electrons. The molecule has 0 unspecified atom stereocenters. The molecule has 0 saturated heterocycles. The summed E-state index contributed by atoms with van der Waals surface area (Å²) in [6, 6.07) is 12.5. The Morgan fingerprint density at radius 3 is 2.42 bits per heavy atom. The molecule has 0 aliphatic carbocycles. The van der Waals surface area contributed by atoms with Crippen LogP contribution in [0.2, 0.25) is 5.02 Å². The highest BCUT2D eigenvalue weighted by molar-refractivity contribution is 6.30. The lowest BCUT2D eigenvalue weighted by molar-refractivity contribution is -0.149. The normalized spacial score (nSPS) is 10.5. The van der Waals surface area contributed by atoms with Gasteiger partial charge in [-0.05, 0) is 54.3 Å². The summed E-state index contributed by atoms with van der Waals surface area (Å²) in [4.78, 5) is 23.6. The first-order chi connectivity index (χ1) is 12.3. The van der Waals surface area contributed by atoms with E-state index in [4.69, 9.17) is 21.1 Å². The molecular formula is C20H22ClNO4. The maximum atomic E-state index is 11.8. The number of halogens is 1. The van der Waals surface area contributed by atoms with E-state index in [0.717, 1.165) is 11.1 Å². The molecule has 0 aliphatic rings. The molecule has 6 heteroatoms. The van der Waals surface area contributed by atoms with Crippen LogP contribution >= 0.6 is 11.6 Å². The van der Waals surface area contributed by atoms with Crippen molar-refractivity contribution in [1.29, 1.82) is 0 Å². The van der Waals surface area contributed by atoms with Crippen LogP contribution in [0, 0.1) is 6.92 Å². The quantitative estimate of drug-likeness (QED) is 0.731. The third-order valence-electron chi connectivity index (χ3n) is 3.63. The second-order valence-electron chi connectivity index (χ2n) is 6.20. The molecule has 0 bridgehead atoms. The Kier molecular flexibility index (Phi) is 7.04. The van der Waals surface area contributed by atoms with Crippen LogP contribution in [0.25, 0.3) is 0 Å². The molecule has 1 N–H and O–H groups in total. The van der Waals surface area contributed by atoms with E-state index in [2.05, 4.69) is 19.2 Å². The summed E-state index contributed by atoms with van der Waals surface area (Å²) in [6.07, 6.45) is 0. The van der Waals surface area contributed by atoms with Crippen molar-refractivity contribution in [1.82, 2.24) is 0 Å². The van der Waals surface area contributed by atoms with Crippen LogP contribution in [-0.4, -0.2) is 25.1 Å². The first kappa shape index (κ1) is 19.8. The highest BCUT2D eigenvalue weighted by Crippen LogP contribution is 2.27. The monoisotopic (exact) mass is 375 g/mol. The first-order valence-electron chi connectivity index (χ1n) is 8.29. The lowest BCUT2D eigenvalue weighted by Crippen LogP contribution is -2.23. The summed E-state index contributed by atoms with van der Waals surface area (Å²) < 4.78 is 10.5. The minimum atomic E-state index is -0.604. The number of aryl methyl sites for hydroxylation is 1. The molecular weight excluding hydrogens is 354 g/mol. The van der Waals surface area contributed by atoms with Gasteiger partial charge in [0.05, 0.1) is 0 Å². The van der Waals surface area contributed by atoms with Gasteiger partial charge in [-0.3, -0.25) is 4.79 Å². The lowest BCUT2D eigenvalue weighted by atomic mass is 10.0. The Morgan fingerprint density at radius 1 is 1.08 bits per heavy atom. The van der Waals surface area contributed by atoms with E-state index in [1.54, 1.807) is 24.3 Å². The number of hydrogen-bond acceptors (Lipinski definition) is 4. The third-order valence-corrected chi connectivity index (χ3v) is 3.88. The zero-order valence-electron chi connectivity index (χ0n) is 15.0. The number of carbonyl (C=O) groups excluding carboxylic acids is 2. The van der Waals surface area contributed by atoms with Crippen molar-refractivity contribution in [3.05, 3.63) is 58.6 Å². The summed E-state index contributed by atoms with van der Waals surface area (Å²) in [6.45, 7) is 5.43.